The van der Waals surface area contributed by atoms with E-state index in [4.69, 9.17) is 9.72 Å². The average molecular weight is 394 g/mol. The highest BCUT2D eigenvalue weighted by atomic mass is 16.5. The van der Waals surface area contributed by atoms with Gasteiger partial charge in [0.25, 0.3) is 5.91 Å². The van der Waals surface area contributed by atoms with Crippen molar-refractivity contribution in [1.82, 2.24) is 14.6 Å². The molecule has 2 heterocycles. The van der Waals surface area contributed by atoms with Crippen molar-refractivity contribution in [2.24, 2.45) is 0 Å². The molecule has 0 saturated heterocycles. The van der Waals surface area contributed by atoms with Gasteiger partial charge < -0.3 is 4.74 Å². The van der Waals surface area contributed by atoms with Crippen LogP contribution in [0.15, 0.2) is 85.2 Å². The Labute approximate surface area is 172 Å². The van der Waals surface area contributed by atoms with Gasteiger partial charge in [-0.2, -0.15) is 0 Å². The zero-order valence-corrected chi connectivity index (χ0v) is 16.2. The first-order valence-electron chi connectivity index (χ1n) is 9.50. The van der Waals surface area contributed by atoms with E-state index in [1.807, 2.05) is 78.9 Å². The van der Waals surface area contributed by atoms with Gasteiger partial charge in [0, 0.05) is 10.9 Å². The number of imidazole rings is 1. The minimum Gasteiger partial charge on any atom is -0.497 e. The highest BCUT2D eigenvalue weighted by molar-refractivity contribution is 6.11. The fourth-order valence-electron chi connectivity index (χ4n) is 3.49. The Bertz CT molecular complexity index is 1370. The van der Waals surface area contributed by atoms with Crippen LogP contribution >= 0.6 is 0 Å². The lowest BCUT2D eigenvalue weighted by Gasteiger charge is -2.12. The molecule has 0 aliphatic carbocycles. The maximum Gasteiger partial charge on any atom is 0.270 e. The molecular weight excluding hydrogens is 376 g/mol. The van der Waals surface area contributed by atoms with Crippen LogP contribution in [0.1, 0.15) is 10.4 Å². The molecule has 3 aromatic carbocycles. The van der Waals surface area contributed by atoms with Crippen molar-refractivity contribution in [2.75, 3.05) is 12.5 Å². The molecule has 0 unspecified atom stereocenters. The Morgan fingerprint density at radius 3 is 2.47 bits per heavy atom. The number of ether oxygens (including phenoxy) is 1. The Hall–Kier alpha value is -4.19. The summed E-state index contributed by atoms with van der Waals surface area (Å²) in [7, 11) is 1.63. The van der Waals surface area contributed by atoms with Crippen LogP contribution in [0.4, 0.5) is 0 Å². The van der Waals surface area contributed by atoms with E-state index in [1.165, 1.54) is 0 Å². The summed E-state index contributed by atoms with van der Waals surface area (Å²) in [6.45, 7) is 0. The van der Waals surface area contributed by atoms with Crippen molar-refractivity contribution < 1.29 is 9.53 Å². The maximum absolute atomic E-state index is 13.2. The first-order chi connectivity index (χ1) is 14.7. The second-order valence-electron chi connectivity index (χ2n) is 6.84. The molecule has 5 aromatic rings. The fraction of sp³-hybridized carbons (Fsp3) is 0.0417. The number of benzene rings is 3. The fourth-order valence-corrected chi connectivity index (χ4v) is 3.49. The van der Waals surface area contributed by atoms with Gasteiger partial charge >= 0.3 is 0 Å². The third-order valence-corrected chi connectivity index (χ3v) is 5.02. The molecular formula is C24H18N4O2. The summed E-state index contributed by atoms with van der Waals surface area (Å²) < 4.78 is 6.88. The van der Waals surface area contributed by atoms with Gasteiger partial charge in [-0.1, -0.05) is 30.3 Å². The standard InChI is InChI=1S/C24H18N4O2/c1-30-17-12-10-16(11-13-17)22-14-19(18-6-2-3-7-20(18)26-22)24(29)27-28-15-25-21-8-4-5-9-23(21)28/h2-15H,1H3,(H,27,29). The van der Waals surface area contributed by atoms with Crippen LogP contribution in [-0.4, -0.2) is 27.7 Å². The van der Waals surface area contributed by atoms with E-state index in [0.717, 1.165) is 38.9 Å². The molecule has 0 aliphatic heterocycles. The number of pyridine rings is 1. The lowest BCUT2D eigenvalue weighted by atomic mass is 10.0. The number of rotatable bonds is 4. The summed E-state index contributed by atoms with van der Waals surface area (Å²) in [5, 5.41) is 0.789. The van der Waals surface area contributed by atoms with Crippen LogP contribution in [0, 0.1) is 0 Å². The number of nitrogens with zero attached hydrogens (tertiary/aromatic N) is 3. The molecule has 6 heteroatoms. The minimum absolute atomic E-state index is 0.230. The van der Waals surface area contributed by atoms with Crippen LogP contribution in [0.25, 0.3) is 33.2 Å². The van der Waals surface area contributed by atoms with Crippen molar-refractivity contribution in [3.63, 3.8) is 0 Å². The summed E-state index contributed by atoms with van der Waals surface area (Å²) in [5.74, 6) is 0.538. The lowest BCUT2D eigenvalue weighted by Crippen LogP contribution is -2.22. The molecule has 0 aliphatic rings. The third kappa shape index (κ3) is 3.14. The summed E-state index contributed by atoms with van der Waals surface area (Å²) in [6.07, 6.45) is 1.61. The number of fused-ring (bicyclic) bond motifs is 2. The van der Waals surface area contributed by atoms with E-state index in [9.17, 15) is 4.79 Å². The molecule has 0 saturated carbocycles. The van der Waals surface area contributed by atoms with E-state index in [0.29, 0.717) is 5.56 Å². The van der Waals surface area contributed by atoms with Crippen molar-refractivity contribution >= 4 is 27.8 Å². The number of para-hydroxylation sites is 3. The second-order valence-corrected chi connectivity index (χ2v) is 6.84. The monoisotopic (exact) mass is 394 g/mol. The van der Waals surface area contributed by atoms with Gasteiger partial charge in [-0.25, -0.2) is 14.6 Å². The van der Waals surface area contributed by atoms with Crippen LogP contribution in [-0.2, 0) is 0 Å². The predicted molar refractivity (Wildman–Crippen MR) is 117 cm³/mol. The van der Waals surface area contributed by atoms with E-state index in [1.54, 1.807) is 18.1 Å². The molecule has 0 atom stereocenters. The zero-order valence-electron chi connectivity index (χ0n) is 16.2. The number of amides is 1. The zero-order chi connectivity index (χ0) is 20.5. The normalized spacial score (nSPS) is 11.0. The van der Waals surface area contributed by atoms with Gasteiger partial charge in [0.2, 0.25) is 0 Å². The Morgan fingerprint density at radius 2 is 1.67 bits per heavy atom. The SMILES string of the molecule is COc1ccc(-c2cc(C(=O)Nn3cnc4ccccc43)c3ccccc3n2)cc1. The Morgan fingerprint density at radius 1 is 0.933 bits per heavy atom. The quantitative estimate of drug-likeness (QED) is 0.482. The molecule has 1 amide bonds. The topological polar surface area (TPSA) is 69.0 Å². The van der Waals surface area contributed by atoms with Gasteiger partial charge in [-0.15, -0.1) is 0 Å². The van der Waals surface area contributed by atoms with Crippen LogP contribution in [0.3, 0.4) is 0 Å². The highest BCUT2D eigenvalue weighted by Gasteiger charge is 2.15. The number of carbonyl (C=O) groups excluding carboxylic acids is 1. The number of hydrogen-bond acceptors (Lipinski definition) is 4. The molecule has 0 radical (unpaired) electrons. The summed E-state index contributed by atoms with van der Waals surface area (Å²) in [6, 6.07) is 24.7. The van der Waals surface area contributed by atoms with Crippen molar-refractivity contribution in [2.45, 2.75) is 0 Å². The molecule has 5 rings (SSSR count). The first-order valence-corrected chi connectivity index (χ1v) is 9.50. The maximum atomic E-state index is 13.2. The number of carbonyl (C=O) groups is 1. The smallest absolute Gasteiger partial charge is 0.270 e. The van der Waals surface area contributed by atoms with E-state index >= 15 is 0 Å². The van der Waals surface area contributed by atoms with Crippen molar-refractivity contribution in [1.29, 1.82) is 0 Å². The number of hydrogen-bond donors (Lipinski definition) is 1. The summed E-state index contributed by atoms with van der Waals surface area (Å²) >= 11 is 0. The van der Waals surface area contributed by atoms with E-state index in [-0.39, 0.29) is 5.91 Å². The average Bonchev–Trinajstić information content (AvgIpc) is 3.21. The van der Waals surface area contributed by atoms with Crippen LogP contribution in [0.5, 0.6) is 5.75 Å². The lowest BCUT2D eigenvalue weighted by molar-refractivity contribution is 0.101. The van der Waals surface area contributed by atoms with Gasteiger partial charge in [0.05, 0.1) is 34.9 Å². The number of nitrogens with one attached hydrogen (secondary N) is 1. The molecule has 0 spiro atoms. The van der Waals surface area contributed by atoms with Gasteiger partial charge in [-0.3, -0.25) is 10.2 Å². The molecule has 30 heavy (non-hydrogen) atoms. The van der Waals surface area contributed by atoms with Gasteiger partial charge in [0.1, 0.15) is 12.1 Å². The molecule has 0 fully saturated rings. The van der Waals surface area contributed by atoms with E-state index in [2.05, 4.69) is 10.4 Å². The predicted octanol–water partition coefficient (Wildman–Crippen LogP) is 4.64. The number of aromatic nitrogens is 3. The van der Waals surface area contributed by atoms with Crippen LogP contribution < -0.4 is 10.2 Å². The Balaban J connectivity index is 1.59. The molecule has 2 aromatic heterocycles. The summed E-state index contributed by atoms with van der Waals surface area (Å²) in [4.78, 5) is 22.3. The Kier molecular flexibility index (Phi) is 4.37. The van der Waals surface area contributed by atoms with Crippen molar-refractivity contribution in [3.05, 3.63) is 90.8 Å². The van der Waals surface area contributed by atoms with Crippen molar-refractivity contribution in [3.8, 4) is 17.0 Å². The molecule has 0 bridgehead atoms. The molecule has 6 nitrogen and oxygen atoms in total. The summed E-state index contributed by atoms with van der Waals surface area (Å²) in [5.41, 5.74) is 7.51. The first kappa shape index (κ1) is 17.9. The molecule has 1 N–H and O–H groups in total. The van der Waals surface area contributed by atoms with E-state index < -0.39 is 0 Å². The van der Waals surface area contributed by atoms with Gasteiger partial charge in [0.15, 0.2) is 0 Å². The van der Waals surface area contributed by atoms with Gasteiger partial charge in [-0.05, 0) is 48.5 Å². The van der Waals surface area contributed by atoms with Crippen LogP contribution in [0.2, 0.25) is 0 Å². The second kappa shape index (κ2) is 7.33. The molecule has 146 valence electrons. The third-order valence-electron chi connectivity index (χ3n) is 5.02. The number of methoxy groups -OCH3 is 1. The minimum atomic E-state index is -0.230. The largest absolute Gasteiger partial charge is 0.497 e. The highest BCUT2D eigenvalue weighted by Crippen LogP contribution is 2.26.